The molecule has 4 rings (SSSR count). The molecule has 1 saturated carbocycles. The van der Waals surface area contributed by atoms with E-state index in [-0.39, 0.29) is 29.8 Å². The molecular weight excluding hydrogens is 370 g/mol. The van der Waals surface area contributed by atoms with Crippen LogP contribution < -0.4 is 5.32 Å². The van der Waals surface area contributed by atoms with E-state index >= 15 is 0 Å². The number of carbonyl (C=O) groups is 2. The van der Waals surface area contributed by atoms with Gasteiger partial charge in [-0.3, -0.25) is 14.5 Å². The highest BCUT2D eigenvalue weighted by atomic mass is 16.6. The summed E-state index contributed by atoms with van der Waals surface area (Å²) >= 11 is 0. The van der Waals surface area contributed by atoms with Crippen molar-refractivity contribution < 1.29 is 14.3 Å². The fourth-order valence-electron chi connectivity index (χ4n) is 4.35. The first-order valence-electron chi connectivity index (χ1n) is 10.1. The van der Waals surface area contributed by atoms with Crippen molar-refractivity contribution in [1.82, 2.24) is 25.0 Å². The molecule has 0 aromatic carbocycles. The van der Waals surface area contributed by atoms with Gasteiger partial charge in [0.15, 0.2) is 0 Å². The predicted molar refractivity (Wildman–Crippen MR) is 108 cm³/mol. The molecule has 1 N–H and O–H groups in total. The average Bonchev–Trinajstić information content (AvgIpc) is 2.95. The molecule has 2 amide bonds. The van der Waals surface area contributed by atoms with Crippen LogP contribution in [0.25, 0.3) is 11.0 Å². The van der Waals surface area contributed by atoms with Crippen LogP contribution in [0.2, 0.25) is 0 Å². The number of rotatable bonds is 3. The van der Waals surface area contributed by atoms with E-state index in [1.165, 1.54) is 0 Å². The number of aromatic nitrogens is 3. The first kappa shape index (κ1) is 19.7. The molecule has 2 aromatic heterocycles. The highest BCUT2D eigenvalue weighted by Crippen LogP contribution is 2.52. The Balaban J connectivity index is 1.41. The Hall–Kier alpha value is -2.64. The Kier molecular flexibility index (Phi) is 4.36. The molecule has 1 aliphatic heterocycles. The number of fused-ring (bicyclic) bond motifs is 2. The minimum Gasteiger partial charge on any atom is -0.444 e. The number of hydrogen-bond donors (Lipinski definition) is 1. The second-order valence-electron chi connectivity index (χ2n) is 9.70. The van der Waals surface area contributed by atoms with Crippen LogP contribution in [0.5, 0.6) is 0 Å². The lowest BCUT2D eigenvalue weighted by Gasteiger charge is -2.27. The van der Waals surface area contributed by atoms with Gasteiger partial charge in [-0.2, -0.15) is 5.10 Å². The summed E-state index contributed by atoms with van der Waals surface area (Å²) in [6.45, 7) is 10.6. The lowest BCUT2D eigenvalue weighted by Crippen LogP contribution is -2.44. The van der Waals surface area contributed by atoms with E-state index in [9.17, 15) is 9.59 Å². The van der Waals surface area contributed by atoms with Crippen molar-refractivity contribution in [1.29, 1.82) is 0 Å². The van der Waals surface area contributed by atoms with Gasteiger partial charge < -0.3 is 15.0 Å². The molecule has 156 valence electrons. The molecule has 3 atom stereocenters. The Morgan fingerprint density at radius 3 is 2.45 bits per heavy atom. The Morgan fingerprint density at radius 1 is 1.17 bits per heavy atom. The van der Waals surface area contributed by atoms with Gasteiger partial charge in [-0.05, 0) is 58.6 Å². The van der Waals surface area contributed by atoms with Crippen molar-refractivity contribution in [3.05, 3.63) is 24.0 Å². The van der Waals surface area contributed by atoms with Crippen molar-refractivity contribution in [2.45, 2.75) is 45.8 Å². The van der Waals surface area contributed by atoms with Gasteiger partial charge in [0.2, 0.25) is 5.91 Å². The van der Waals surface area contributed by atoms with E-state index in [1.54, 1.807) is 15.8 Å². The van der Waals surface area contributed by atoms with Crippen molar-refractivity contribution in [2.75, 3.05) is 13.1 Å². The minimum absolute atomic E-state index is 0.0172. The van der Waals surface area contributed by atoms with Gasteiger partial charge in [-0.25, -0.2) is 4.79 Å². The number of aryl methyl sites for hydroxylation is 1. The molecule has 0 bridgehead atoms. The molecule has 1 saturated heterocycles. The second kappa shape index (κ2) is 6.43. The molecule has 3 heterocycles. The zero-order chi connectivity index (χ0) is 21.1. The summed E-state index contributed by atoms with van der Waals surface area (Å²) in [5, 5.41) is 7.77. The minimum atomic E-state index is -0.646. The van der Waals surface area contributed by atoms with Gasteiger partial charge in [0.1, 0.15) is 16.8 Å². The van der Waals surface area contributed by atoms with Gasteiger partial charge in [-0.1, -0.05) is 0 Å². The largest absolute Gasteiger partial charge is 0.444 e. The number of carbonyl (C=O) groups excluding carboxylic acids is 2. The summed E-state index contributed by atoms with van der Waals surface area (Å²) < 4.78 is 7.22. The van der Waals surface area contributed by atoms with Crippen LogP contribution in [-0.4, -0.2) is 50.4 Å². The first-order chi connectivity index (χ1) is 13.5. The molecule has 8 heteroatoms. The van der Waals surface area contributed by atoms with Crippen molar-refractivity contribution in [2.24, 2.45) is 24.8 Å². The number of pyridine rings is 1. The third-order valence-electron chi connectivity index (χ3n) is 5.79. The number of ether oxygens (including phenoxy) is 1. The monoisotopic (exact) mass is 399 g/mol. The van der Waals surface area contributed by atoms with Gasteiger partial charge in [-0.15, -0.1) is 0 Å². The van der Waals surface area contributed by atoms with Crippen molar-refractivity contribution in [3.8, 4) is 0 Å². The number of nitrogens with zero attached hydrogens (tertiary/aromatic N) is 4. The fraction of sp³-hybridized carbons (Fsp3) is 0.619. The summed E-state index contributed by atoms with van der Waals surface area (Å²) in [7, 11) is 1.88. The summed E-state index contributed by atoms with van der Waals surface area (Å²) in [6, 6.07) is 3.84. The topological polar surface area (TPSA) is 89.4 Å². The molecular formula is C21H29N5O3. The van der Waals surface area contributed by atoms with Crippen LogP contribution in [0.4, 0.5) is 4.79 Å². The number of likely N-dealkylation sites (tertiary alicyclic amines) is 1. The molecule has 2 fully saturated rings. The zero-order valence-corrected chi connectivity index (χ0v) is 17.9. The molecule has 2 aromatic rings. The van der Waals surface area contributed by atoms with Crippen LogP contribution in [0, 0.1) is 17.8 Å². The number of amides is 2. The van der Waals surface area contributed by atoms with Gasteiger partial charge in [0.05, 0.1) is 11.1 Å². The van der Waals surface area contributed by atoms with E-state index in [1.807, 2.05) is 53.8 Å². The van der Waals surface area contributed by atoms with E-state index in [0.717, 1.165) is 16.7 Å². The van der Waals surface area contributed by atoms with Crippen LogP contribution in [0.3, 0.4) is 0 Å². The Morgan fingerprint density at radius 2 is 1.83 bits per heavy atom. The smallest absolute Gasteiger partial charge is 0.410 e. The summed E-state index contributed by atoms with van der Waals surface area (Å²) in [5.41, 5.74) is 1.33. The maximum absolute atomic E-state index is 13.0. The maximum atomic E-state index is 13.0. The quantitative estimate of drug-likeness (QED) is 0.856. The number of piperidine rings is 1. The lowest BCUT2D eigenvalue weighted by molar-refractivity contribution is -0.125. The molecule has 8 nitrogen and oxygen atoms in total. The fourth-order valence-corrected chi connectivity index (χ4v) is 4.35. The third kappa shape index (κ3) is 3.56. The second-order valence-corrected chi connectivity index (χ2v) is 9.70. The molecule has 0 radical (unpaired) electrons. The lowest BCUT2D eigenvalue weighted by atomic mass is 9.98. The highest BCUT2D eigenvalue weighted by molar-refractivity contribution is 5.85. The molecule has 29 heavy (non-hydrogen) atoms. The van der Waals surface area contributed by atoms with E-state index in [0.29, 0.717) is 13.1 Å². The van der Waals surface area contributed by atoms with Crippen LogP contribution in [0.15, 0.2) is 18.3 Å². The van der Waals surface area contributed by atoms with E-state index in [4.69, 9.17) is 4.74 Å². The highest BCUT2D eigenvalue weighted by Gasteiger charge is 2.61. The summed E-state index contributed by atoms with van der Waals surface area (Å²) in [6.07, 6.45) is 1.44. The van der Waals surface area contributed by atoms with Crippen LogP contribution >= 0.6 is 0 Å². The molecule has 0 spiro atoms. The first-order valence-corrected chi connectivity index (χ1v) is 10.1. The molecule has 0 unspecified atom stereocenters. The van der Waals surface area contributed by atoms with Gasteiger partial charge in [0.25, 0.3) is 0 Å². The predicted octanol–water partition coefficient (Wildman–Crippen LogP) is 2.43. The van der Waals surface area contributed by atoms with E-state index in [2.05, 4.69) is 15.4 Å². The van der Waals surface area contributed by atoms with Gasteiger partial charge >= 0.3 is 6.09 Å². The van der Waals surface area contributed by atoms with Gasteiger partial charge in [0, 0.05) is 32.3 Å². The maximum Gasteiger partial charge on any atom is 0.410 e. The molecule has 2 aliphatic rings. The SMILES string of the molecule is Cn1nc(C(C)(C)NC(=O)[C@H]2[C@@H]3CN(C(=O)OC(C)(C)C)C[C@@H]32)c2ncccc21. The standard InChI is InChI=1S/C21H29N5O3/c1-20(2,3)29-19(28)26-10-12-13(11-26)15(12)18(27)23-21(4,5)17-16-14(25(6)24-17)8-7-9-22-16/h7-9,12-13,15H,10-11H2,1-6H3,(H,23,27)/t12-,13+,15+. The van der Waals surface area contributed by atoms with Crippen LogP contribution in [-0.2, 0) is 22.1 Å². The number of hydrogen-bond acceptors (Lipinski definition) is 5. The van der Waals surface area contributed by atoms with E-state index < -0.39 is 11.1 Å². The Labute approximate surface area is 170 Å². The summed E-state index contributed by atoms with van der Waals surface area (Å²) in [4.78, 5) is 31.4. The van der Waals surface area contributed by atoms with Crippen molar-refractivity contribution in [3.63, 3.8) is 0 Å². The van der Waals surface area contributed by atoms with Crippen LogP contribution in [0.1, 0.15) is 40.3 Å². The number of nitrogens with one attached hydrogen (secondary N) is 1. The zero-order valence-electron chi connectivity index (χ0n) is 17.9. The van der Waals surface area contributed by atoms with Crippen molar-refractivity contribution >= 4 is 23.0 Å². The Bertz CT molecular complexity index is 962. The third-order valence-corrected chi connectivity index (χ3v) is 5.79. The molecule has 1 aliphatic carbocycles. The average molecular weight is 399 g/mol. The summed E-state index contributed by atoms with van der Waals surface area (Å²) in [5.74, 6) is 0.369. The normalized spacial score (nSPS) is 23.8.